The number of rotatable bonds is 5. The molecular weight excluding hydrogens is 263 g/mol. The number of carbonyl (C=O) groups is 1. The lowest BCUT2D eigenvalue weighted by Crippen LogP contribution is -2.33. The summed E-state index contributed by atoms with van der Waals surface area (Å²) < 4.78 is 37.9. The van der Waals surface area contributed by atoms with Gasteiger partial charge in [-0.05, 0) is 13.8 Å². The maximum absolute atomic E-state index is 12.6. The van der Waals surface area contributed by atoms with Crippen LogP contribution in [0.4, 0.5) is 24.9 Å². The number of halogens is 3. The number of nitrogens with zero attached hydrogens (tertiary/aromatic N) is 2. The highest BCUT2D eigenvalue weighted by Gasteiger charge is 2.33. The first-order valence-electron chi connectivity index (χ1n) is 5.50. The molecular formula is C10H14F3N5O. The zero-order chi connectivity index (χ0) is 14.6. The van der Waals surface area contributed by atoms with Gasteiger partial charge in [0.1, 0.15) is 11.9 Å². The van der Waals surface area contributed by atoms with E-state index in [2.05, 4.69) is 20.6 Å². The Hall–Kier alpha value is -2.06. The van der Waals surface area contributed by atoms with E-state index in [0.717, 1.165) is 6.07 Å². The van der Waals surface area contributed by atoms with E-state index in [0.29, 0.717) is 6.54 Å². The van der Waals surface area contributed by atoms with E-state index in [9.17, 15) is 18.0 Å². The first kappa shape index (κ1) is 15.0. The van der Waals surface area contributed by atoms with Gasteiger partial charge in [0.2, 0.25) is 11.9 Å². The fourth-order valence-electron chi connectivity index (χ4n) is 1.20. The third-order valence-corrected chi connectivity index (χ3v) is 2.14. The van der Waals surface area contributed by atoms with Crippen LogP contribution in [0.2, 0.25) is 0 Å². The van der Waals surface area contributed by atoms with Gasteiger partial charge in [-0.3, -0.25) is 4.79 Å². The fraction of sp³-hybridized carbons (Fsp3) is 0.500. The van der Waals surface area contributed by atoms with Crippen LogP contribution in [-0.4, -0.2) is 28.5 Å². The second-order valence-corrected chi connectivity index (χ2v) is 3.76. The van der Waals surface area contributed by atoms with Crippen molar-refractivity contribution < 1.29 is 18.0 Å². The Labute approximate surface area is 107 Å². The molecule has 4 N–H and O–H groups in total. The Kier molecular flexibility index (Phi) is 4.52. The molecule has 9 heteroatoms. The lowest BCUT2D eigenvalue weighted by atomic mass is 10.3. The van der Waals surface area contributed by atoms with E-state index in [1.807, 2.05) is 0 Å². The van der Waals surface area contributed by atoms with Gasteiger partial charge in [-0.25, -0.2) is 4.98 Å². The topological polar surface area (TPSA) is 92.9 Å². The van der Waals surface area contributed by atoms with Crippen LogP contribution in [0.5, 0.6) is 0 Å². The lowest BCUT2D eigenvalue weighted by Gasteiger charge is -2.14. The first-order valence-corrected chi connectivity index (χ1v) is 5.50. The molecule has 0 saturated heterocycles. The minimum atomic E-state index is -4.60. The van der Waals surface area contributed by atoms with Crippen molar-refractivity contribution in [3.8, 4) is 0 Å². The van der Waals surface area contributed by atoms with Crippen molar-refractivity contribution in [2.45, 2.75) is 26.1 Å². The molecule has 1 unspecified atom stereocenters. The summed E-state index contributed by atoms with van der Waals surface area (Å²) in [6.07, 6.45) is -4.60. The number of nitrogens with one attached hydrogen (secondary N) is 2. The Bertz CT molecular complexity index is 463. The zero-order valence-electron chi connectivity index (χ0n) is 10.4. The molecule has 0 aliphatic heterocycles. The minimum absolute atomic E-state index is 0.121. The third-order valence-electron chi connectivity index (χ3n) is 2.14. The molecule has 1 aromatic heterocycles. The predicted molar refractivity (Wildman–Crippen MR) is 63.5 cm³/mol. The summed E-state index contributed by atoms with van der Waals surface area (Å²) in [5.74, 6) is -0.988. The van der Waals surface area contributed by atoms with Gasteiger partial charge in [-0.1, -0.05) is 0 Å². The Balaban J connectivity index is 3.09. The molecule has 0 radical (unpaired) electrons. The van der Waals surface area contributed by atoms with Crippen LogP contribution in [0.1, 0.15) is 19.5 Å². The molecule has 1 atom stereocenters. The average molecular weight is 277 g/mol. The molecule has 0 aliphatic rings. The van der Waals surface area contributed by atoms with Gasteiger partial charge < -0.3 is 16.4 Å². The molecule has 0 aliphatic carbocycles. The Morgan fingerprint density at radius 3 is 2.58 bits per heavy atom. The summed E-state index contributed by atoms with van der Waals surface area (Å²) >= 11 is 0. The van der Waals surface area contributed by atoms with Gasteiger partial charge in [0.05, 0.1) is 0 Å². The lowest BCUT2D eigenvalue weighted by molar-refractivity contribution is -0.141. The number of alkyl halides is 3. The molecule has 0 saturated carbocycles. The van der Waals surface area contributed by atoms with E-state index in [1.54, 1.807) is 6.92 Å². The van der Waals surface area contributed by atoms with Crippen LogP contribution in [0.15, 0.2) is 6.07 Å². The largest absolute Gasteiger partial charge is 0.433 e. The van der Waals surface area contributed by atoms with Crippen molar-refractivity contribution in [3.63, 3.8) is 0 Å². The second-order valence-electron chi connectivity index (χ2n) is 3.76. The van der Waals surface area contributed by atoms with Crippen molar-refractivity contribution >= 4 is 17.7 Å². The summed E-state index contributed by atoms with van der Waals surface area (Å²) in [6, 6.07) is -0.120. The number of anilines is 2. The molecule has 1 heterocycles. The van der Waals surface area contributed by atoms with Crippen molar-refractivity contribution in [1.82, 2.24) is 9.97 Å². The summed E-state index contributed by atoms with van der Waals surface area (Å²) in [6.45, 7) is 3.49. The monoisotopic (exact) mass is 277 g/mol. The van der Waals surface area contributed by atoms with Crippen molar-refractivity contribution in [3.05, 3.63) is 11.8 Å². The Morgan fingerprint density at radius 1 is 1.47 bits per heavy atom. The van der Waals surface area contributed by atoms with Crippen LogP contribution in [-0.2, 0) is 11.0 Å². The molecule has 6 nitrogen and oxygen atoms in total. The van der Waals surface area contributed by atoms with E-state index >= 15 is 0 Å². The Morgan fingerprint density at radius 2 is 2.11 bits per heavy atom. The zero-order valence-corrected chi connectivity index (χ0v) is 10.4. The average Bonchev–Trinajstić information content (AvgIpc) is 2.27. The number of hydrogen-bond acceptors (Lipinski definition) is 5. The number of nitrogens with two attached hydrogens (primary N) is 1. The highest BCUT2D eigenvalue weighted by molar-refractivity contribution is 5.82. The highest BCUT2D eigenvalue weighted by Crippen LogP contribution is 2.29. The fourth-order valence-corrected chi connectivity index (χ4v) is 1.20. The number of amides is 1. The number of primary amides is 1. The molecule has 19 heavy (non-hydrogen) atoms. The molecule has 0 spiro atoms. The molecule has 0 fully saturated rings. The summed E-state index contributed by atoms with van der Waals surface area (Å²) in [5.41, 5.74) is 3.92. The number of hydrogen-bond donors (Lipinski definition) is 3. The molecule has 0 bridgehead atoms. The predicted octanol–water partition coefficient (Wildman–Crippen LogP) is 1.21. The highest BCUT2D eigenvalue weighted by atomic mass is 19.4. The van der Waals surface area contributed by atoms with Gasteiger partial charge in [-0.2, -0.15) is 18.2 Å². The molecule has 0 aromatic carbocycles. The van der Waals surface area contributed by atoms with Crippen LogP contribution in [0.3, 0.4) is 0 Å². The number of aromatic nitrogens is 2. The smallest absolute Gasteiger partial charge is 0.368 e. The normalized spacial score (nSPS) is 12.9. The van der Waals surface area contributed by atoms with E-state index in [-0.39, 0.29) is 11.8 Å². The van der Waals surface area contributed by atoms with Crippen LogP contribution in [0.25, 0.3) is 0 Å². The standard InChI is InChI=1S/C10H14F3N5O/c1-3-15-9-17-6(10(11,12)13)4-7(18-9)16-5(2)8(14)19/h4-5H,3H2,1-2H3,(H2,14,19)(H2,15,16,17,18). The van der Waals surface area contributed by atoms with Crippen LogP contribution in [0, 0.1) is 0 Å². The minimum Gasteiger partial charge on any atom is -0.368 e. The van der Waals surface area contributed by atoms with Gasteiger partial charge in [0.25, 0.3) is 0 Å². The summed E-state index contributed by atoms with van der Waals surface area (Å²) in [5, 5.41) is 5.07. The van der Waals surface area contributed by atoms with Gasteiger partial charge in [0, 0.05) is 12.6 Å². The third kappa shape index (κ3) is 4.27. The van der Waals surface area contributed by atoms with Gasteiger partial charge >= 0.3 is 6.18 Å². The molecule has 1 aromatic rings. The van der Waals surface area contributed by atoms with Crippen LogP contribution < -0.4 is 16.4 Å². The number of carbonyl (C=O) groups excluding carboxylic acids is 1. The SMILES string of the molecule is CCNc1nc(NC(C)C(N)=O)cc(C(F)(F)F)n1. The maximum atomic E-state index is 12.6. The van der Waals surface area contributed by atoms with E-state index in [1.165, 1.54) is 6.92 Å². The van der Waals surface area contributed by atoms with Crippen molar-refractivity contribution in [1.29, 1.82) is 0 Å². The maximum Gasteiger partial charge on any atom is 0.433 e. The summed E-state index contributed by atoms with van der Waals surface area (Å²) in [7, 11) is 0. The molecule has 106 valence electrons. The summed E-state index contributed by atoms with van der Waals surface area (Å²) in [4.78, 5) is 18.0. The van der Waals surface area contributed by atoms with E-state index in [4.69, 9.17) is 5.73 Å². The van der Waals surface area contributed by atoms with Crippen molar-refractivity contribution in [2.24, 2.45) is 5.73 Å². The van der Waals surface area contributed by atoms with E-state index < -0.39 is 23.8 Å². The molecule has 1 amide bonds. The van der Waals surface area contributed by atoms with Gasteiger partial charge in [0.15, 0.2) is 5.69 Å². The van der Waals surface area contributed by atoms with Crippen LogP contribution >= 0.6 is 0 Å². The van der Waals surface area contributed by atoms with Gasteiger partial charge in [-0.15, -0.1) is 0 Å². The van der Waals surface area contributed by atoms with Crippen molar-refractivity contribution in [2.75, 3.05) is 17.2 Å². The molecule has 1 rings (SSSR count). The quantitative estimate of drug-likeness (QED) is 0.752. The first-order chi connectivity index (χ1) is 8.74. The second kappa shape index (κ2) is 5.72.